The average Bonchev–Trinajstić information content (AvgIpc) is 2.50. The van der Waals surface area contributed by atoms with Crippen molar-refractivity contribution < 1.29 is 9.32 Å². The molecule has 0 atom stereocenters. The minimum absolute atomic E-state index is 0.0406. The minimum atomic E-state index is -0.323. The molecule has 0 radical (unpaired) electrons. The maximum absolute atomic E-state index is 11.5. The lowest BCUT2D eigenvalue weighted by molar-refractivity contribution is 0.0770. The molecule has 13 heavy (non-hydrogen) atoms. The highest BCUT2D eigenvalue weighted by atomic mass is 16.5. The van der Waals surface area contributed by atoms with Gasteiger partial charge in [0, 0.05) is 12.6 Å². The Bertz CT molecular complexity index is 351. The zero-order valence-electron chi connectivity index (χ0n) is 7.44. The number of hydrogen-bond donors (Lipinski definition) is 0. The number of rotatable bonds is 2. The van der Waals surface area contributed by atoms with Gasteiger partial charge in [0.05, 0.1) is 12.3 Å². The summed E-state index contributed by atoms with van der Waals surface area (Å²) in [5, 5.41) is 11.8. The SMILES string of the molecule is Cc1cnoc1C(=O)N(C)CC#N. The van der Waals surface area contributed by atoms with Crippen molar-refractivity contribution in [2.75, 3.05) is 13.6 Å². The van der Waals surface area contributed by atoms with Crippen LogP contribution < -0.4 is 0 Å². The van der Waals surface area contributed by atoms with Crippen LogP contribution in [-0.2, 0) is 0 Å². The summed E-state index contributed by atoms with van der Waals surface area (Å²) in [4.78, 5) is 12.7. The van der Waals surface area contributed by atoms with E-state index in [9.17, 15) is 4.79 Å². The van der Waals surface area contributed by atoms with Crippen LogP contribution in [0.1, 0.15) is 16.1 Å². The number of hydrogen-bond acceptors (Lipinski definition) is 4. The first kappa shape index (κ1) is 9.26. The molecule has 1 rings (SSSR count). The molecule has 0 aliphatic carbocycles. The van der Waals surface area contributed by atoms with Gasteiger partial charge < -0.3 is 9.42 Å². The molecule has 1 aromatic heterocycles. The molecule has 0 aliphatic rings. The van der Waals surface area contributed by atoms with Gasteiger partial charge in [-0.15, -0.1) is 0 Å². The smallest absolute Gasteiger partial charge is 0.293 e. The maximum atomic E-state index is 11.5. The second-order valence-corrected chi connectivity index (χ2v) is 2.66. The van der Waals surface area contributed by atoms with Gasteiger partial charge in [-0.1, -0.05) is 5.16 Å². The highest BCUT2D eigenvalue weighted by Crippen LogP contribution is 2.08. The number of aromatic nitrogens is 1. The topological polar surface area (TPSA) is 70.1 Å². The van der Waals surface area contributed by atoms with E-state index in [4.69, 9.17) is 9.78 Å². The Kier molecular flexibility index (Phi) is 2.65. The van der Waals surface area contributed by atoms with Crippen molar-refractivity contribution >= 4 is 5.91 Å². The van der Waals surface area contributed by atoms with Gasteiger partial charge in [0.1, 0.15) is 6.54 Å². The molecule has 0 unspecified atom stereocenters. The van der Waals surface area contributed by atoms with Crippen LogP contribution in [-0.4, -0.2) is 29.6 Å². The summed E-state index contributed by atoms with van der Waals surface area (Å²) < 4.78 is 4.74. The first-order valence-electron chi connectivity index (χ1n) is 3.70. The van der Waals surface area contributed by atoms with Crippen molar-refractivity contribution in [3.05, 3.63) is 17.5 Å². The van der Waals surface area contributed by atoms with Crippen molar-refractivity contribution in [3.8, 4) is 6.07 Å². The van der Waals surface area contributed by atoms with Gasteiger partial charge in [-0.25, -0.2) is 0 Å². The van der Waals surface area contributed by atoms with Crippen LogP contribution in [0.5, 0.6) is 0 Å². The molecular weight excluding hydrogens is 170 g/mol. The quantitative estimate of drug-likeness (QED) is 0.622. The van der Waals surface area contributed by atoms with Crippen LogP contribution in [0.25, 0.3) is 0 Å². The van der Waals surface area contributed by atoms with Crippen LogP contribution in [0, 0.1) is 18.3 Å². The van der Waals surface area contributed by atoms with Gasteiger partial charge in [0.15, 0.2) is 0 Å². The number of carbonyl (C=O) groups is 1. The van der Waals surface area contributed by atoms with Gasteiger partial charge in [0.2, 0.25) is 5.76 Å². The molecule has 68 valence electrons. The molecule has 0 bridgehead atoms. The van der Waals surface area contributed by atoms with Crippen LogP contribution >= 0.6 is 0 Å². The number of aryl methyl sites for hydroxylation is 1. The molecule has 0 spiro atoms. The Morgan fingerprint density at radius 3 is 3.00 bits per heavy atom. The minimum Gasteiger partial charge on any atom is -0.351 e. The van der Waals surface area contributed by atoms with E-state index in [1.54, 1.807) is 6.92 Å². The van der Waals surface area contributed by atoms with E-state index in [0.717, 1.165) is 0 Å². The fourth-order valence-electron chi connectivity index (χ4n) is 0.848. The van der Waals surface area contributed by atoms with Gasteiger partial charge in [-0.3, -0.25) is 4.79 Å². The van der Waals surface area contributed by atoms with Crippen LogP contribution in [0.2, 0.25) is 0 Å². The van der Waals surface area contributed by atoms with E-state index in [1.807, 2.05) is 6.07 Å². The van der Waals surface area contributed by atoms with Crippen LogP contribution in [0.3, 0.4) is 0 Å². The molecule has 0 aliphatic heterocycles. The van der Waals surface area contributed by atoms with E-state index in [-0.39, 0.29) is 18.2 Å². The van der Waals surface area contributed by atoms with Crippen molar-refractivity contribution in [1.82, 2.24) is 10.1 Å². The third-order valence-corrected chi connectivity index (χ3v) is 1.60. The van der Waals surface area contributed by atoms with Crippen molar-refractivity contribution in [1.29, 1.82) is 5.26 Å². The summed E-state index contributed by atoms with van der Waals surface area (Å²) in [6.45, 7) is 1.77. The fraction of sp³-hybridized carbons (Fsp3) is 0.375. The Hall–Kier alpha value is -1.83. The molecular formula is C8H9N3O2. The third kappa shape index (κ3) is 1.85. The average molecular weight is 179 g/mol. The Balaban J connectivity index is 2.81. The molecule has 1 amide bonds. The van der Waals surface area contributed by atoms with Gasteiger partial charge >= 0.3 is 0 Å². The summed E-state index contributed by atoms with van der Waals surface area (Å²) in [5.74, 6) is -0.130. The molecule has 0 N–H and O–H groups in total. The molecule has 0 saturated heterocycles. The van der Waals surface area contributed by atoms with E-state index in [2.05, 4.69) is 5.16 Å². The van der Waals surface area contributed by atoms with Crippen molar-refractivity contribution in [2.45, 2.75) is 6.92 Å². The largest absolute Gasteiger partial charge is 0.351 e. The van der Waals surface area contributed by atoms with Crippen LogP contribution in [0.15, 0.2) is 10.7 Å². The second kappa shape index (κ2) is 3.72. The first-order valence-corrected chi connectivity index (χ1v) is 3.70. The zero-order chi connectivity index (χ0) is 9.84. The monoisotopic (exact) mass is 179 g/mol. The maximum Gasteiger partial charge on any atom is 0.293 e. The van der Waals surface area contributed by atoms with E-state index in [1.165, 1.54) is 18.1 Å². The van der Waals surface area contributed by atoms with E-state index in [0.29, 0.717) is 5.56 Å². The number of carbonyl (C=O) groups excluding carboxylic acids is 1. The molecule has 0 fully saturated rings. The lowest BCUT2D eigenvalue weighted by atomic mass is 10.3. The second-order valence-electron chi connectivity index (χ2n) is 2.66. The standard InChI is InChI=1S/C8H9N3O2/c1-6-5-10-13-7(6)8(12)11(2)4-3-9/h5H,4H2,1-2H3. The van der Waals surface area contributed by atoms with Gasteiger partial charge in [0.25, 0.3) is 5.91 Å². The molecule has 0 saturated carbocycles. The van der Waals surface area contributed by atoms with Crippen LogP contribution in [0.4, 0.5) is 0 Å². The third-order valence-electron chi connectivity index (χ3n) is 1.60. The zero-order valence-corrected chi connectivity index (χ0v) is 7.44. The Labute approximate surface area is 75.5 Å². The fourth-order valence-corrected chi connectivity index (χ4v) is 0.848. The number of amides is 1. The number of nitriles is 1. The molecule has 5 nitrogen and oxygen atoms in total. The van der Waals surface area contributed by atoms with Gasteiger partial charge in [-0.05, 0) is 6.92 Å². The Morgan fingerprint density at radius 1 is 1.85 bits per heavy atom. The lowest BCUT2D eigenvalue weighted by Crippen LogP contribution is -2.27. The van der Waals surface area contributed by atoms with E-state index < -0.39 is 0 Å². The molecule has 1 heterocycles. The molecule has 5 heteroatoms. The Morgan fingerprint density at radius 2 is 2.54 bits per heavy atom. The summed E-state index contributed by atoms with van der Waals surface area (Å²) in [6.07, 6.45) is 1.47. The highest BCUT2D eigenvalue weighted by Gasteiger charge is 2.17. The summed E-state index contributed by atoms with van der Waals surface area (Å²) in [5.41, 5.74) is 0.676. The predicted octanol–water partition coefficient (Wildman–Crippen LogP) is 0.579. The lowest BCUT2D eigenvalue weighted by Gasteiger charge is -2.10. The normalized spacial score (nSPS) is 9.31. The summed E-state index contributed by atoms with van der Waals surface area (Å²) in [6, 6.07) is 1.87. The predicted molar refractivity (Wildman–Crippen MR) is 43.8 cm³/mol. The number of nitrogens with zero attached hydrogens (tertiary/aromatic N) is 3. The highest BCUT2D eigenvalue weighted by molar-refractivity contribution is 5.92. The summed E-state index contributed by atoms with van der Waals surface area (Å²) >= 11 is 0. The van der Waals surface area contributed by atoms with Crippen molar-refractivity contribution in [3.63, 3.8) is 0 Å². The summed E-state index contributed by atoms with van der Waals surface area (Å²) in [7, 11) is 1.54. The first-order chi connectivity index (χ1) is 6.16. The van der Waals surface area contributed by atoms with Crippen molar-refractivity contribution in [2.24, 2.45) is 0 Å². The van der Waals surface area contributed by atoms with E-state index >= 15 is 0 Å². The molecule has 1 aromatic rings. The van der Waals surface area contributed by atoms with Gasteiger partial charge in [-0.2, -0.15) is 5.26 Å². The molecule has 0 aromatic carbocycles.